The van der Waals surface area contributed by atoms with Gasteiger partial charge in [0.15, 0.2) is 40.8 Å². The van der Waals surface area contributed by atoms with Gasteiger partial charge in [0.2, 0.25) is 0 Å². The molecule has 12 aromatic heterocycles. The molecule has 0 bridgehead atoms. The molecule has 0 unspecified atom stereocenters. The van der Waals surface area contributed by atoms with Crippen molar-refractivity contribution in [3.05, 3.63) is 448 Å². The maximum Gasteiger partial charge on any atom is 0.446 e. The molecule has 0 spiro atoms. The molecule has 12 heterocycles. The Hall–Kier alpha value is -19.1. The van der Waals surface area contributed by atoms with E-state index in [0.29, 0.717) is 90.1 Å². The van der Waals surface area contributed by atoms with Crippen molar-refractivity contribution < 1.29 is 72.2 Å². The number of alkyl halides is 6. The summed E-state index contributed by atoms with van der Waals surface area (Å²) in [7, 11) is 4.56. The summed E-state index contributed by atoms with van der Waals surface area (Å²) < 4.78 is 134. The summed E-state index contributed by atoms with van der Waals surface area (Å²) in [5.41, 5.74) is 6.92. The second-order valence-corrected chi connectivity index (χ2v) is 30.0. The quantitative estimate of drug-likeness (QED) is 0.0764. The minimum absolute atomic E-state index is 0.00280. The Kier molecular flexibility index (Phi) is 31.1. The molecule has 0 saturated heterocycles. The van der Waals surface area contributed by atoms with Crippen LogP contribution in [0.25, 0.3) is 120 Å². The van der Waals surface area contributed by atoms with Gasteiger partial charge in [-0.2, -0.15) is 26.3 Å². The third-order valence-electron chi connectivity index (χ3n) is 20.3. The average molecular weight is 1980 g/mol. The Balaban J connectivity index is 0.000000126. The molecule has 9 aromatic carbocycles. The van der Waals surface area contributed by atoms with E-state index in [1.807, 2.05) is 116 Å². The van der Waals surface area contributed by atoms with Crippen LogP contribution in [0.2, 0.25) is 10.0 Å². The van der Waals surface area contributed by atoms with Crippen molar-refractivity contribution in [2.45, 2.75) is 19.3 Å². The number of pyridine rings is 5. The maximum atomic E-state index is 12.9. The molecule has 44 heteroatoms. The molecule has 0 saturated carbocycles. The third kappa shape index (κ3) is 23.2. The molecular weight excluding hydrogens is 1910 g/mol. The van der Waals surface area contributed by atoms with Crippen LogP contribution in [0.15, 0.2) is 412 Å². The van der Waals surface area contributed by atoms with Gasteiger partial charge in [0.05, 0.1) is 94.1 Å². The molecule has 21 aromatic rings. The number of hydrogen-bond acceptors (Lipinski definition) is 29. The molecule has 0 fully saturated rings. The summed E-state index contributed by atoms with van der Waals surface area (Å²) in [6.07, 6.45) is 6.98. The van der Waals surface area contributed by atoms with Gasteiger partial charge in [0.1, 0.15) is 17.2 Å². The highest BCUT2D eigenvalue weighted by Gasteiger charge is 2.33. The SMILES string of the molecule is COc1ccc(-c2noc(=O)n2-c2cccnc2)cc1.COc1ccc(-n2c(-c3ccccc3)noc2=O)cc1Cl.COc1ccccc1-c1noc(=O)n1-c1cccc(C(F)(F)F)c1.Cc1ccccc1-n1c(-c2cccnc2)noc1=O.O=c1onc(-c2cccnc2)n1-c1cccc(C(F)(F)F)c1.O=c1onc(-c2cccnc2)n1-c1ccccc1.O=c1onc(-c2cccnc2)n1-c1ccccc1Cl. The van der Waals surface area contributed by atoms with Crippen molar-refractivity contribution in [1.29, 1.82) is 0 Å². The molecule has 21 rings (SSSR count). The number of aryl methyl sites for hydroxylation is 1. The van der Waals surface area contributed by atoms with Gasteiger partial charge in [-0.1, -0.05) is 162 Å². The highest BCUT2D eigenvalue weighted by molar-refractivity contribution is 6.32. The summed E-state index contributed by atoms with van der Waals surface area (Å²) in [5.74, 6) is -0.600. The Morgan fingerprint density at radius 1 is 0.266 bits per heavy atom. The highest BCUT2D eigenvalue weighted by Crippen LogP contribution is 2.36. The summed E-state index contributed by atoms with van der Waals surface area (Å²) in [4.78, 5) is 103. The van der Waals surface area contributed by atoms with E-state index in [1.54, 1.807) is 184 Å². The molecule has 0 amide bonds. The van der Waals surface area contributed by atoms with Crippen LogP contribution in [0.1, 0.15) is 16.7 Å². The largest absolute Gasteiger partial charge is 0.497 e. The van der Waals surface area contributed by atoms with E-state index in [9.17, 15) is 59.9 Å². The first kappa shape index (κ1) is 98.4. The lowest BCUT2D eigenvalue weighted by Crippen LogP contribution is -2.15. The zero-order valence-corrected chi connectivity index (χ0v) is 75.9. The van der Waals surface area contributed by atoms with Gasteiger partial charge in [-0.3, -0.25) is 56.6 Å². The molecule has 0 aliphatic carbocycles. The van der Waals surface area contributed by atoms with Gasteiger partial charge in [-0.15, -0.1) is 0 Å². The third-order valence-corrected chi connectivity index (χ3v) is 20.9. The van der Waals surface area contributed by atoms with Crippen LogP contribution >= 0.6 is 23.2 Å². The van der Waals surface area contributed by atoms with Gasteiger partial charge >= 0.3 is 52.6 Å². The number of methoxy groups -OCH3 is 3. The van der Waals surface area contributed by atoms with E-state index >= 15 is 0 Å². The fourth-order valence-corrected chi connectivity index (χ4v) is 14.1. The lowest BCUT2D eigenvalue weighted by molar-refractivity contribution is -0.138. The number of aromatic nitrogens is 19. The monoisotopic (exact) mass is 1980 g/mol. The van der Waals surface area contributed by atoms with Crippen LogP contribution in [0, 0.1) is 6.92 Å². The van der Waals surface area contributed by atoms with Crippen LogP contribution < -0.4 is 54.5 Å². The van der Waals surface area contributed by atoms with Crippen LogP contribution in [-0.4, -0.2) is 114 Å². The smallest absolute Gasteiger partial charge is 0.446 e. The van der Waals surface area contributed by atoms with Crippen LogP contribution in [0.4, 0.5) is 26.3 Å². The van der Waals surface area contributed by atoms with E-state index in [-0.39, 0.29) is 23.0 Å². The summed E-state index contributed by atoms with van der Waals surface area (Å²) >= 11 is 12.2. The first-order valence-electron chi connectivity index (χ1n) is 41.8. The number of hydrogen-bond donors (Lipinski definition) is 0. The normalized spacial score (nSPS) is 10.9. The van der Waals surface area contributed by atoms with Crippen molar-refractivity contribution in [3.63, 3.8) is 0 Å². The first-order valence-corrected chi connectivity index (χ1v) is 42.6. The number of para-hydroxylation sites is 4. The van der Waals surface area contributed by atoms with Gasteiger partial charge < -0.3 is 14.2 Å². The average Bonchev–Trinajstić information content (AvgIpc) is 1.68. The van der Waals surface area contributed by atoms with E-state index in [1.165, 1.54) is 73.7 Å². The number of benzene rings is 9. The fourth-order valence-electron chi connectivity index (χ4n) is 13.7. The Labute approximate surface area is 809 Å². The Morgan fingerprint density at radius 3 is 1.01 bits per heavy atom. The second-order valence-electron chi connectivity index (χ2n) is 29.2. The van der Waals surface area contributed by atoms with E-state index in [2.05, 4.69) is 70.1 Å². The first-order chi connectivity index (χ1) is 69.3. The summed E-state index contributed by atoms with van der Waals surface area (Å²) in [5, 5.41) is 27.2. The standard InChI is InChI=1S/C16H11F3N2O3.C15H11ClN2O3.C14H8F3N3O2.C14H11N3O3.C14H11N3O2.C13H8ClN3O2.C13H9N3O2/c1-23-13-8-3-2-7-12(13)14-20-24-15(22)21(14)11-6-4-5-10(9-11)16(17,18)19;1-20-13-8-7-11(9-12(13)16)18-14(17-21-15(18)19)10-5-3-2-4-6-10;15-14(16,17)10-4-1-5-11(7-10)20-12(19-22-13(20)21)9-3-2-6-18-8-9;1-19-12-6-4-10(5-7-12)13-16-20-14(18)17(13)11-3-2-8-15-9-11;1-10-5-2-3-7-12(10)17-13(16-19-14(17)18)11-6-4-8-15-9-11;14-10-5-1-2-6-11(10)17-12(16-19-13(17)18)9-4-3-7-15-8-9;17-13-16(11-6-2-1-3-7-11)12(15-18-13)10-5-4-8-14-9-10/h2-9H,1H3;2-9H,1H3;1-8H;2-9H,1H3;2-9H,1H3;1-8H;1-9H. The number of halogens is 8. The van der Waals surface area contributed by atoms with Crippen LogP contribution in [-0.2, 0) is 12.4 Å². The molecular formula is C99H69Cl2F6N19O17. The molecule has 0 atom stereocenters. The summed E-state index contributed by atoms with van der Waals surface area (Å²) in [6, 6.07) is 78.2. The predicted molar refractivity (Wildman–Crippen MR) is 506 cm³/mol. The molecule has 0 aliphatic rings. The van der Waals surface area contributed by atoms with Gasteiger partial charge in [-0.25, -0.2) is 65.5 Å². The van der Waals surface area contributed by atoms with Crippen molar-refractivity contribution >= 4 is 23.2 Å². The Morgan fingerprint density at radius 2 is 0.594 bits per heavy atom. The number of ether oxygens (including phenoxy) is 3. The second kappa shape index (κ2) is 45.2. The van der Waals surface area contributed by atoms with Gasteiger partial charge in [0.25, 0.3) is 0 Å². The molecule has 36 nitrogen and oxygen atoms in total. The highest BCUT2D eigenvalue weighted by atomic mass is 35.5. The minimum atomic E-state index is -4.53. The van der Waals surface area contributed by atoms with Gasteiger partial charge in [0, 0.05) is 89.2 Å². The van der Waals surface area contributed by atoms with Crippen molar-refractivity contribution in [1.82, 2.24) is 93.0 Å². The zero-order chi connectivity index (χ0) is 101. The maximum absolute atomic E-state index is 12.9. The topological polar surface area (TPSA) is 428 Å². The molecule has 718 valence electrons. The van der Waals surface area contributed by atoms with Crippen LogP contribution in [0.3, 0.4) is 0 Å². The van der Waals surface area contributed by atoms with E-state index < -0.39 is 63.8 Å². The molecule has 0 aliphatic heterocycles. The number of rotatable bonds is 17. The summed E-state index contributed by atoms with van der Waals surface area (Å²) in [6.45, 7) is 1.93. The van der Waals surface area contributed by atoms with Gasteiger partial charge in [-0.05, 0) is 194 Å². The molecule has 0 N–H and O–H groups in total. The number of nitrogens with zero attached hydrogens (tertiary/aromatic N) is 19. The minimum Gasteiger partial charge on any atom is -0.497 e. The predicted octanol–water partition coefficient (Wildman–Crippen LogP) is 18.1. The van der Waals surface area contributed by atoms with Crippen LogP contribution in [0.5, 0.6) is 17.2 Å². The zero-order valence-electron chi connectivity index (χ0n) is 74.4. The lowest BCUT2D eigenvalue weighted by atomic mass is 10.1. The van der Waals surface area contributed by atoms with Crippen molar-refractivity contribution in [2.75, 3.05) is 21.3 Å². The van der Waals surface area contributed by atoms with Crippen molar-refractivity contribution in [3.8, 4) is 137 Å². The van der Waals surface area contributed by atoms with Crippen molar-refractivity contribution in [2.24, 2.45) is 0 Å². The van der Waals surface area contributed by atoms with E-state index in [4.69, 9.17) is 60.0 Å². The van der Waals surface area contributed by atoms with E-state index in [0.717, 1.165) is 72.7 Å². The lowest BCUT2D eigenvalue weighted by Gasteiger charge is -2.11. The Bertz CT molecular complexity index is 8190. The molecule has 143 heavy (non-hydrogen) atoms. The molecule has 0 radical (unpaired) electrons. The fraction of sp³-hybridized carbons (Fsp3) is 0.0606.